The number of aromatic carboxylic acids is 1. The summed E-state index contributed by atoms with van der Waals surface area (Å²) in [6.45, 7) is 6.90. The van der Waals surface area contributed by atoms with Crippen molar-refractivity contribution in [2.45, 2.75) is 38.6 Å². The second-order valence-corrected chi connectivity index (χ2v) is 7.96. The molecular weight excluding hydrogens is 336 g/mol. The molecule has 23 heavy (non-hydrogen) atoms. The Labute approximate surface area is 139 Å². The summed E-state index contributed by atoms with van der Waals surface area (Å²) >= 11 is 1.38. The van der Waals surface area contributed by atoms with Gasteiger partial charge in [-0.15, -0.1) is 11.3 Å². The summed E-state index contributed by atoms with van der Waals surface area (Å²) in [6.07, 6.45) is 0. The Kier molecular flexibility index (Phi) is 4.88. The van der Waals surface area contributed by atoms with E-state index in [9.17, 15) is 13.2 Å². The third-order valence-electron chi connectivity index (χ3n) is 3.50. The number of aromatic nitrogens is 1. The predicted octanol–water partition coefficient (Wildman–Crippen LogP) is 2.81. The van der Waals surface area contributed by atoms with Gasteiger partial charge in [0.2, 0.25) is 10.0 Å². The van der Waals surface area contributed by atoms with E-state index in [1.165, 1.54) is 23.5 Å². The Morgan fingerprint density at radius 2 is 1.96 bits per heavy atom. The number of hydrogen-bond donors (Lipinski definition) is 2. The van der Waals surface area contributed by atoms with Crippen LogP contribution in [0.25, 0.3) is 0 Å². The molecule has 0 saturated heterocycles. The van der Waals surface area contributed by atoms with Crippen molar-refractivity contribution in [2.75, 3.05) is 0 Å². The van der Waals surface area contributed by atoms with Crippen LogP contribution in [-0.2, 0) is 10.0 Å². The van der Waals surface area contributed by atoms with Gasteiger partial charge in [0.05, 0.1) is 16.5 Å². The number of sulfonamides is 1. The highest BCUT2D eigenvalue weighted by Crippen LogP contribution is 2.24. The number of thiazole rings is 1. The van der Waals surface area contributed by atoms with Gasteiger partial charge in [0.15, 0.2) is 0 Å². The van der Waals surface area contributed by atoms with Crippen LogP contribution in [0, 0.1) is 20.8 Å². The smallest absolute Gasteiger partial charge is 0.335 e. The second kappa shape index (κ2) is 6.38. The van der Waals surface area contributed by atoms with Crippen LogP contribution in [0.2, 0.25) is 0 Å². The maximum absolute atomic E-state index is 12.6. The summed E-state index contributed by atoms with van der Waals surface area (Å²) < 4.78 is 27.9. The van der Waals surface area contributed by atoms with Crippen molar-refractivity contribution < 1.29 is 18.3 Å². The second-order valence-electron chi connectivity index (χ2n) is 5.39. The van der Waals surface area contributed by atoms with Crippen molar-refractivity contribution in [1.29, 1.82) is 0 Å². The molecule has 1 unspecified atom stereocenters. The van der Waals surface area contributed by atoms with Gasteiger partial charge in [-0.2, -0.15) is 0 Å². The van der Waals surface area contributed by atoms with E-state index in [1.807, 2.05) is 12.3 Å². The highest BCUT2D eigenvalue weighted by molar-refractivity contribution is 7.89. The van der Waals surface area contributed by atoms with Crippen molar-refractivity contribution in [2.24, 2.45) is 0 Å². The quantitative estimate of drug-likeness (QED) is 0.861. The van der Waals surface area contributed by atoms with Crippen LogP contribution >= 0.6 is 11.3 Å². The van der Waals surface area contributed by atoms with Crippen LogP contribution in [0.3, 0.4) is 0 Å². The van der Waals surface area contributed by atoms with Crippen LogP contribution in [0.5, 0.6) is 0 Å². The molecule has 0 fully saturated rings. The average molecular weight is 354 g/mol. The molecule has 6 nitrogen and oxygen atoms in total. The minimum Gasteiger partial charge on any atom is -0.478 e. The molecule has 0 bridgehead atoms. The molecule has 2 rings (SSSR count). The Morgan fingerprint density at radius 3 is 2.48 bits per heavy atom. The molecule has 1 heterocycles. The molecule has 0 aliphatic carbocycles. The number of nitrogens with zero attached hydrogens (tertiary/aromatic N) is 1. The molecule has 1 atom stereocenters. The molecule has 8 heteroatoms. The van der Waals surface area contributed by atoms with Crippen molar-refractivity contribution in [3.63, 3.8) is 0 Å². The van der Waals surface area contributed by atoms with Gasteiger partial charge >= 0.3 is 5.97 Å². The first-order valence-electron chi connectivity index (χ1n) is 6.90. The summed E-state index contributed by atoms with van der Waals surface area (Å²) in [6, 6.07) is 2.16. The van der Waals surface area contributed by atoms with Gasteiger partial charge in [0.25, 0.3) is 0 Å². The summed E-state index contributed by atoms with van der Waals surface area (Å²) in [4.78, 5) is 15.4. The zero-order valence-electron chi connectivity index (χ0n) is 13.2. The third kappa shape index (κ3) is 3.77. The lowest BCUT2D eigenvalue weighted by Crippen LogP contribution is -2.28. The normalized spacial score (nSPS) is 13.0. The van der Waals surface area contributed by atoms with E-state index >= 15 is 0 Å². The lowest BCUT2D eigenvalue weighted by atomic mass is 10.1. The average Bonchev–Trinajstić information content (AvgIpc) is 2.87. The van der Waals surface area contributed by atoms with Gasteiger partial charge < -0.3 is 5.11 Å². The van der Waals surface area contributed by atoms with E-state index in [1.54, 1.807) is 20.8 Å². The number of carboxylic acid groups (broad SMARTS) is 1. The van der Waals surface area contributed by atoms with E-state index in [2.05, 4.69) is 9.71 Å². The van der Waals surface area contributed by atoms with E-state index in [0.717, 1.165) is 5.69 Å². The third-order valence-corrected chi connectivity index (χ3v) is 6.31. The predicted molar refractivity (Wildman–Crippen MR) is 88.5 cm³/mol. The minimum atomic E-state index is -3.85. The van der Waals surface area contributed by atoms with Gasteiger partial charge in [0, 0.05) is 11.1 Å². The molecule has 2 N–H and O–H groups in total. The Morgan fingerprint density at radius 1 is 1.30 bits per heavy atom. The first kappa shape index (κ1) is 17.6. The molecule has 0 aliphatic rings. The topological polar surface area (TPSA) is 96.4 Å². The molecule has 0 spiro atoms. The van der Waals surface area contributed by atoms with E-state index in [4.69, 9.17) is 5.11 Å². The van der Waals surface area contributed by atoms with Gasteiger partial charge in [-0.05, 0) is 51.0 Å². The zero-order chi connectivity index (χ0) is 17.4. The van der Waals surface area contributed by atoms with Crippen LogP contribution in [0.1, 0.15) is 45.2 Å². The van der Waals surface area contributed by atoms with Crippen molar-refractivity contribution >= 4 is 27.3 Å². The molecule has 0 amide bonds. The molecule has 0 radical (unpaired) electrons. The molecule has 0 saturated carbocycles. The van der Waals surface area contributed by atoms with Crippen molar-refractivity contribution in [3.05, 3.63) is 44.9 Å². The van der Waals surface area contributed by atoms with Crippen molar-refractivity contribution in [3.8, 4) is 0 Å². The molecule has 0 aliphatic heterocycles. The number of rotatable bonds is 5. The fourth-order valence-electron chi connectivity index (χ4n) is 2.15. The molecule has 1 aromatic heterocycles. The monoisotopic (exact) mass is 354 g/mol. The molecule has 1 aromatic carbocycles. The Balaban J connectivity index is 2.41. The summed E-state index contributed by atoms with van der Waals surface area (Å²) in [7, 11) is -3.85. The number of hydrogen-bond acceptors (Lipinski definition) is 5. The summed E-state index contributed by atoms with van der Waals surface area (Å²) in [5, 5.41) is 11.6. The number of nitrogens with one attached hydrogen (secondary N) is 1. The van der Waals surface area contributed by atoms with Gasteiger partial charge in [-0.1, -0.05) is 0 Å². The lowest BCUT2D eigenvalue weighted by molar-refractivity contribution is 0.0696. The summed E-state index contributed by atoms with van der Waals surface area (Å²) in [5.74, 6) is -1.16. The number of carbonyl (C=O) groups is 1. The molecular formula is C15H18N2O4S2. The maximum atomic E-state index is 12.6. The number of benzene rings is 1. The standard InChI is InChI=1S/C15H18N2O4S2/c1-8-5-12(15(18)19)6-13(10(8)3)23(20,21)17-11(4)14-16-9(2)7-22-14/h5-7,11,17H,1-4H3,(H,18,19). The van der Waals surface area contributed by atoms with Gasteiger partial charge in [0.1, 0.15) is 5.01 Å². The number of carboxylic acids is 1. The Hall–Kier alpha value is -1.77. The van der Waals surface area contributed by atoms with E-state index in [-0.39, 0.29) is 10.5 Å². The van der Waals surface area contributed by atoms with E-state index < -0.39 is 22.0 Å². The van der Waals surface area contributed by atoms with Gasteiger partial charge in [-0.25, -0.2) is 22.9 Å². The first-order chi connectivity index (χ1) is 10.6. The van der Waals surface area contributed by atoms with Crippen LogP contribution in [0.15, 0.2) is 22.4 Å². The largest absolute Gasteiger partial charge is 0.478 e. The first-order valence-corrected chi connectivity index (χ1v) is 9.27. The van der Waals surface area contributed by atoms with Crippen LogP contribution in [-0.4, -0.2) is 24.5 Å². The lowest BCUT2D eigenvalue weighted by Gasteiger charge is -2.15. The van der Waals surface area contributed by atoms with Crippen LogP contribution in [0.4, 0.5) is 0 Å². The zero-order valence-corrected chi connectivity index (χ0v) is 14.9. The fraction of sp³-hybridized carbons (Fsp3) is 0.333. The summed E-state index contributed by atoms with van der Waals surface area (Å²) in [5.41, 5.74) is 1.93. The van der Waals surface area contributed by atoms with Gasteiger partial charge in [-0.3, -0.25) is 0 Å². The van der Waals surface area contributed by atoms with Crippen LogP contribution < -0.4 is 4.72 Å². The SMILES string of the molecule is Cc1csc(C(C)NS(=O)(=O)c2cc(C(=O)O)cc(C)c2C)n1. The molecule has 124 valence electrons. The van der Waals surface area contributed by atoms with E-state index in [0.29, 0.717) is 16.1 Å². The fourth-order valence-corrected chi connectivity index (χ4v) is 4.58. The minimum absolute atomic E-state index is 0.0185. The highest BCUT2D eigenvalue weighted by atomic mass is 32.2. The van der Waals surface area contributed by atoms with Crippen molar-refractivity contribution in [1.82, 2.24) is 9.71 Å². The molecule has 2 aromatic rings. The number of aryl methyl sites for hydroxylation is 2. The maximum Gasteiger partial charge on any atom is 0.335 e. The highest BCUT2D eigenvalue weighted by Gasteiger charge is 2.24. The Bertz CT molecular complexity index is 856.